The van der Waals surface area contributed by atoms with Gasteiger partial charge in [-0.15, -0.1) is 0 Å². The summed E-state index contributed by atoms with van der Waals surface area (Å²) in [6.07, 6.45) is 0. The van der Waals surface area contributed by atoms with Gasteiger partial charge in [-0.25, -0.2) is 4.98 Å². The Hall–Kier alpha value is -3.13. The van der Waals surface area contributed by atoms with Crippen LogP contribution in [0.2, 0.25) is 0 Å². The van der Waals surface area contributed by atoms with E-state index in [0.717, 1.165) is 16.8 Å². The number of nitriles is 1. The summed E-state index contributed by atoms with van der Waals surface area (Å²) in [5, 5.41) is 12.5. The SMILES string of the molecule is C=C(C)Cn1c(C)nc(-c2ccc(C#N)cc2NC(=C)C(C)(C)C)cc1=O. The van der Waals surface area contributed by atoms with Gasteiger partial charge in [0.2, 0.25) is 0 Å². The Bertz CT molecular complexity index is 1000. The molecule has 0 radical (unpaired) electrons. The predicted octanol–water partition coefficient (Wildman–Crippen LogP) is 4.64. The van der Waals surface area contributed by atoms with Crippen LogP contribution in [0, 0.1) is 23.7 Å². The summed E-state index contributed by atoms with van der Waals surface area (Å²) in [5.74, 6) is 0.616. The fourth-order valence-electron chi connectivity index (χ4n) is 2.51. The number of hydrogen-bond donors (Lipinski definition) is 1. The van der Waals surface area contributed by atoms with Gasteiger partial charge in [-0.05, 0) is 32.0 Å². The fraction of sp³-hybridized carbons (Fsp3) is 0.318. The molecule has 1 aromatic heterocycles. The normalized spacial score (nSPS) is 11.0. The first kappa shape index (κ1) is 20.2. The van der Waals surface area contributed by atoms with Gasteiger partial charge in [0.25, 0.3) is 5.56 Å². The first-order chi connectivity index (χ1) is 12.5. The van der Waals surface area contributed by atoms with Crippen LogP contribution in [0.1, 0.15) is 39.1 Å². The summed E-state index contributed by atoms with van der Waals surface area (Å²) in [4.78, 5) is 17.2. The maximum absolute atomic E-state index is 12.6. The van der Waals surface area contributed by atoms with E-state index in [1.807, 2.05) is 6.92 Å². The highest BCUT2D eigenvalue weighted by Gasteiger charge is 2.18. The smallest absolute Gasteiger partial charge is 0.254 e. The largest absolute Gasteiger partial charge is 0.358 e. The molecule has 0 atom stereocenters. The van der Waals surface area contributed by atoms with E-state index in [1.54, 1.807) is 29.7 Å². The molecule has 0 saturated carbocycles. The number of nitrogens with one attached hydrogen (secondary N) is 1. The van der Waals surface area contributed by atoms with Crippen LogP contribution in [0.4, 0.5) is 5.69 Å². The van der Waals surface area contributed by atoms with Gasteiger partial charge in [0.05, 0.1) is 17.3 Å². The minimum absolute atomic E-state index is 0.134. The molecule has 1 N–H and O–H groups in total. The van der Waals surface area contributed by atoms with Gasteiger partial charge < -0.3 is 5.32 Å². The third-order valence-electron chi connectivity index (χ3n) is 4.24. The zero-order valence-corrected chi connectivity index (χ0v) is 16.7. The summed E-state index contributed by atoms with van der Waals surface area (Å²) >= 11 is 0. The van der Waals surface area contributed by atoms with Crippen molar-refractivity contribution in [2.45, 2.75) is 41.2 Å². The van der Waals surface area contributed by atoms with Crippen molar-refractivity contribution in [3.05, 3.63) is 70.4 Å². The van der Waals surface area contributed by atoms with Crippen LogP contribution in [0.25, 0.3) is 11.3 Å². The quantitative estimate of drug-likeness (QED) is 0.787. The number of aryl methyl sites for hydroxylation is 1. The Labute approximate surface area is 160 Å². The Morgan fingerprint density at radius 2 is 1.96 bits per heavy atom. The van der Waals surface area contributed by atoms with Crippen LogP contribution in [0.3, 0.4) is 0 Å². The molecule has 0 bridgehead atoms. The summed E-state index contributed by atoms with van der Waals surface area (Å²) in [5.41, 5.74) is 3.95. The maximum atomic E-state index is 12.6. The lowest BCUT2D eigenvalue weighted by Gasteiger charge is -2.24. The van der Waals surface area contributed by atoms with Gasteiger partial charge in [-0.2, -0.15) is 5.26 Å². The highest BCUT2D eigenvalue weighted by Crippen LogP contribution is 2.32. The van der Waals surface area contributed by atoms with E-state index in [-0.39, 0.29) is 11.0 Å². The number of benzene rings is 1. The van der Waals surface area contributed by atoms with Crippen LogP contribution < -0.4 is 10.9 Å². The molecule has 2 aromatic rings. The molecule has 0 aliphatic rings. The number of allylic oxidation sites excluding steroid dienone is 2. The molecule has 27 heavy (non-hydrogen) atoms. The lowest BCUT2D eigenvalue weighted by atomic mass is 9.92. The standard InChI is InChI=1S/C22H26N4O/c1-14(2)13-26-16(4)25-20(11-21(26)27)18-9-8-17(12-23)10-19(18)24-15(3)22(5,6)7/h8-11,24H,1,3,13H2,2,4-7H3. The zero-order valence-electron chi connectivity index (χ0n) is 16.7. The Morgan fingerprint density at radius 3 is 2.48 bits per heavy atom. The molecule has 0 aliphatic carbocycles. The predicted molar refractivity (Wildman–Crippen MR) is 110 cm³/mol. The van der Waals surface area contributed by atoms with Gasteiger partial charge in [0, 0.05) is 35.0 Å². The van der Waals surface area contributed by atoms with Crippen molar-refractivity contribution < 1.29 is 0 Å². The highest BCUT2D eigenvalue weighted by molar-refractivity contribution is 5.78. The zero-order chi connectivity index (χ0) is 20.4. The van der Waals surface area contributed by atoms with Crippen molar-refractivity contribution in [1.82, 2.24) is 9.55 Å². The molecule has 0 saturated heterocycles. The molecule has 1 aromatic carbocycles. The second kappa shape index (κ2) is 7.63. The molecule has 5 nitrogen and oxygen atoms in total. The topological polar surface area (TPSA) is 70.7 Å². The van der Waals surface area contributed by atoms with E-state index in [1.165, 1.54) is 6.07 Å². The lowest BCUT2D eigenvalue weighted by Crippen LogP contribution is -2.24. The van der Waals surface area contributed by atoms with E-state index in [0.29, 0.717) is 29.3 Å². The summed E-state index contributed by atoms with van der Waals surface area (Å²) in [6.45, 7) is 18.2. The van der Waals surface area contributed by atoms with E-state index >= 15 is 0 Å². The van der Waals surface area contributed by atoms with Gasteiger partial charge in [0.15, 0.2) is 0 Å². The van der Waals surface area contributed by atoms with Crippen LogP contribution in [0.15, 0.2) is 53.5 Å². The minimum Gasteiger partial charge on any atom is -0.358 e. The van der Waals surface area contributed by atoms with Gasteiger partial charge >= 0.3 is 0 Å². The van der Waals surface area contributed by atoms with Gasteiger partial charge in [-0.3, -0.25) is 9.36 Å². The van der Waals surface area contributed by atoms with Gasteiger partial charge in [-0.1, -0.05) is 39.5 Å². The van der Waals surface area contributed by atoms with Crippen LogP contribution in [-0.2, 0) is 6.54 Å². The van der Waals surface area contributed by atoms with Crippen LogP contribution >= 0.6 is 0 Å². The summed E-state index contributed by atoms with van der Waals surface area (Å²) < 4.78 is 1.59. The summed E-state index contributed by atoms with van der Waals surface area (Å²) in [6, 6.07) is 8.94. The Morgan fingerprint density at radius 1 is 1.30 bits per heavy atom. The Balaban J connectivity index is 2.59. The number of hydrogen-bond acceptors (Lipinski definition) is 4. The molecule has 2 rings (SSSR count). The number of aromatic nitrogens is 2. The molecular weight excluding hydrogens is 336 g/mol. The molecule has 0 aliphatic heterocycles. The third kappa shape index (κ3) is 4.73. The monoisotopic (exact) mass is 362 g/mol. The van der Waals surface area contributed by atoms with Crippen LogP contribution in [0.5, 0.6) is 0 Å². The van der Waals surface area contributed by atoms with Crippen LogP contribution in [-0.4, -0.2) is 9.55 Å². The van der Waals surface area contributed by atoms with Crippen molar-refractivity contribution >= 4 is 5.69 Å². The molecule has 140 valence electrons. The summed E-state index contributed by atoms with van der Waals surface area (Å²) in [7, 11) is 0. The average Bonchev–Trinajstić information content (AvgIpc) is 2.56. The first-order valence-corrected chi connectivity index (χ1v) is 8.76. The Kier molecular flexibility index (Phi) is 5.70. The molecular formula is C22H26N4O. The van der Waals surface area contributed by atoms with Crippen molar-refractivity contribution in [2.75, 3.05) is 5.32 Å². The second-order valence-electron chi connectivity index (χ2n) is 7.80. The van der Waals surface area contributed by atoms with Gasteiger partial charge in [0.1, 0.15) is 5.82 Å². The molecule has 0 fully saturated rings. The van der Waals surface area contributed by atoms with E-state index in [9.17, 15) is 10.1 Å². The fourth-order valence-corrected chi connectivity index (χ4v) is 2.51. The van der Waals surface area contributed by atoms with E-state index in [2.05, 4.69) is 50.3 Å². The molecule has 0 spiro atoms. The number of nitrogens with zero attached hydrogens (tertiary/aromatic N) is 3. The molecule has 1 heterocycles. The number of anilines is 1. The van der Waals surface area contributed by atoms with Crippen molar-refractivity contribution in [3.63, 3.8) is 0 Å². The van der Waals surface area contributed by atoms with E-state index < -0.39 is 0 Å². The van der Waals surface area contributed by atoms with Crippen molar-refractivity contribution in [2.24, 2.45) is 5.41 Å². The average molecular weight is 362 g/mol. The third-order valence-corrected chi connectivity index (χ3v) is 4.24. The van der Waals surface area contributed by atoms with E-state index in [4.69, 9.17) is 0 Å². The van der Waals surface area contributed by atoms with Crippen molar-refractivity contribution in [1.29, 1.82) is 5.26 Å². The molecule has 0 amide bonds. The maximum Gasteiger partial charge on any atom is 0.254 e. The van der Waals surface area contributed by atoms with Crippen molar-refractivity contribution in [3.8, 4) is 17.3 Å². The minimum atomic E-state index is -0.159. The highest BCUT2D eigenvalue weighted by atomic mass is 16.1. The number of rotatable bonds is 5. The first-order valence-electron chi connectivity index (χ1n) is 8.76. The lowest BCUT2D eigenvalue weighted by molar-refractivity contribution is 0.510. The second-order valence-corrected chi connectivity index (χ2v) is 7.80. The molecule has 0 unspecified atom stereocenters. The molecule has 5 heteroatoms.